The molecule has 1 aromatic rings. The molecule has 0 radical (unpaired) electrons. The number of nitrogens with zero attached hydrogens (tertiary/aromatic N) is 2. The number of aliphatic hydroxyl groups excluding tert-OH is 1. The van der Waals surface area contributed by atoms with Crippen molar-refractivity contribution in [1.29, 1.82) is 0 Å². The predicted octanol–water partition coefficient (Wildman–Crippen LogP) is 0.801. The molecule has 1 aromatic heterocycles. The predicted molar refractivity (Wildman–Crippen MR) is 49.7 cm³/mol. The van der Waals surface area contributed by atoms with Gasteiger partial charge in [0.05, 0.1) is 18.7 Å². The summed E-state index contributed by atoms with van der Waals surface area (Å²) in [5, 5.41) is 21.9. The molecule has 0 saturated heterocycles. The summed E-state index contributed by atoms with van der Waals surface area (Å²) in [6, 6.07) is 0. The molecule has 1 rings (SSSR count). The highest BCUT2D eigenvalue weighted by Crippen LogP contribution is 2.15. The van der Waals surface area contributed by atoms with Gasteiger partial charge in [0.25, 0.3) is 0 Å². The van der Waals surface area contributed by atoms with E-state index in [1.54, 1.807) is 10.9 Å². The maximum absolute atomic E-state index is 10.3. The van der Waals surface area contributed by atoms with Crippen LogP contribution in [0.5, 0.6) is 0 Å². The minimum Gasteiger partial charge on any atom is -0.481 e. The minimum absolute atomic E-state index is 0.280. The zero-order valence-electron chi connectivity index (χ0n) is 8.05. The van der Waals surface area contributed by atoms with E-state index in [4.69, 9.17) is 5.11 Å². The van der Waals surface area contributed by atoms with Crippen molar-refractivity contribution >= 4 is 5.97 Å². The molecule has 0 aliphatic carbocycles. The van der Waals surface area contributed by atoms with E-state index in [2.05, 4.69) is 5.10 Å². The van der Waals surface area contributed by atoms with Crippen molar-refractivity contribution < 1.29 is 15.0 Å². The Labute approximate surface area is 82.0 Å². The van der Waals surface area contributed by atoms with Crippen LogP contribution in [0.1, 0.15) is 31.4 Å². The second kappa shape index (κ2) is 4.76. The first-order valence-electron chi connectivity index (χ1n) is 4.55. The molecule has 78 valence electrons. The fourth-order valence-electron chi connectivity index (χ4n) is 1.19. The Hall–Kier alpha value is -1.36. The first kappa shape index (κ1) is 10.7. The number of aliphatic hydroxyl groups is 1. The molecular weight excluding hydrogens is 184 g/mol. The summed E-state index contributed by atoms with van der Waals surface area (Å²) >= 11 is 0. The zero-order chi connectivity index (χ0) is 10.6. The second-order valence-corrected chi connectivity index (χ2v) is 3.15. The normalized spacial score (nSPS) is 12.7. The van der Waals surface area contributed by atoms with Crippen molar-refractivity contribution in [3.63, 3.8) is 0 Å². The van der Waals surface area contributed by atoms with Crippen molar-refractivity contribution in [3.05, 3.63) is 18.0 Å². The molecule has 1 unspecified atom stereocenters. The van der Waals surface area contributed by atoms with Crippen molar-refractivity contribution in [2.45, 2.75) is 32.4 Å². The molecule has 0 fully saturated rings. The maximum Gasteiger partial charge on any atom is 0.306 e. The van der Waals surface area contributed by atoms with Gasteiger partial charge in [-0.2, -0.15) is 5.10 Å². The number of carboxylic acid groups (broad SMARTS) is 1. The molecule has 0 amide bonds. The number of hydrogen-bond donors (Lipinski definition) is 2. The van der Waals surface area contributed by atoms with Gasteiger partial charge in [0.2, 0.25) is 0 Å². The van der Waals surface area contributed by atoms with Crippen LogP contribution in [0.15, 0.2) is 12.4 Å². The van der Waals surface area contributed by atoms with Crippen molar-refractivity contribution in [1.82, 2.24) is 9.78 Å². The highest BCUT2D eigenvalue weighted by molar-refractivity contribution is 5.67. The standard InChI is InChI=1S/C9H14N2O3/c1-2-3-11-6-7(5-10-11)8(12)4-9(13)14/h5-6,8,12H,2-4H2,1H3,(H,13,14). The fourth-order valence-corrected chi connectivity index (χ4v) is 1.19. The van der Waals surface area contributed by atoms with E-state index in [0.717, 1.165) is 13.0 Å². The monoisotopic (exact) mass is 198 g/mol. The van der Waals surface area contributed by atoms with Crippen LogP contribution in [-0.4, -0.2) is 26.0 Å². The Morgan fingerprint density at radius 2 is 2.43 bits per heavy atom. The van der Waals surface area contributed by atoms with Gasteiger partial charge in [0, 0.05) is 18.3 Å². The van der Waals surface area contributed by atoms with Crippen LogP contribution in [0.25, 0.3) is 0 Å². The summed E-state index contributed by atoms with van der Waals surface area (Å²) in [6.07, 6.45) is 2.90. The Kier molecular flexibility index (Phi) is 3.64. The van der Waals surface area contributed by atoms with Gasteiger partial charge >= 0.3 is 5.97 Å². The van der Waals surface area contributed by atoms with Crippen molar-refractivity contribution in [2.24, 2.45) is 0 Å². The van der Waals surface area contributed by atoms with E-state index in [1.807, 2.05) is 6.92 Å². The number of carboxylic acids is 1. The van der Waals surface area contributed by atoms with Gasteiger partial charge in [-0.25, -0.2) is 0 Å². The number of aryl methyl sites for hydroxylation is 1. The quantitative estimate of drug-likeness (QED) is 0.733. The average Bonchev–Trinajstić information content (AvgIpc) is 2.52. The van der Waals surface area contributed by atoms with Crippen LogP contribution in [0.3, 0.4) is 0 Å². The van der Waals surface area contributed by atoms with Crippen LogP contribution in [0.2, 0.25) is 0 Å². The first-order valence-corrected chi connectivity index (χ1v) is 4.55. The Morgan fingerprint density at radius 1 is 1.71 bits per heavy atom. The van der Waals surface area contributed by atoms with Crippen LogP contribution < -0.4 is 0 Å². The zero-order valence-corrected chi connectivity index (χ0v) is 8.05. The summed E-state index contributed by atoms with van der Waals surface area (Å²) in [7, 11) is 0. The number of rotatable bonds is 5. The molecular formula is C9H14N2O3. The lowest BCUT2D eigenvalue weighted by Crippen LogP contribution is -2.04. The summed E-state index contributed by atoms with van der Waals surface area (Å²) in [5.41, 5.74) is 0.556. The average molecular weight is 198 g/mol. The molecule has 5 heteroatoms. The highest BCUT2D eigenvalue weighted by Gasteiger charge is 2.13. The van der Waals surface area contributed by atoms with Gasteiger partial charge < -0.3 is 10.2 Å². The first-order chi connectivity index (χ1) is 6.63. The van der Waals surface area contributed by atoms with Gasteiger partial charge in [-0.3, -0.25) is 9.48 Å². The third kappa shape index (κ3) is 2.85. The summed E-state index contributed by atoms with van der Waals surface area (Å²) in [5.74, 6) is -1.01. The molecule has 5 nitrogen and oxygen atoms in total. The van der Waals surface area contributed by atoms with Crippen molar-refractivity contribution in [2.75, 3.05) is 0 Å². The third-order valence-corrected chi connectivity index (χ3v) is 1.86. The van der Waals surface area contributed by atoms with Crippen LogP contribution in [0.4, 0.5) is 0 Å². The molecule has 0 aliphatic heterocycles. The second-order valence-electron chi connectivity index (χ2n) is 3.15. The minimum atomic E-state index is -1.01. The lowest BCUT2D eigenvalue weighted by molar-refractivity contribution is -0.139. The van der Waals surface area contributed by atoms with E-state index in [0.29, 0.717) is 5.56 Å². The lowest BCUT2D eigenvalue weighted by atomic mass is 10.1. The Balaban J connectivity index is 2.61. The molecule has 0 aliphatic rings. The van der Waals surface area contributed by atoms with E-state index >= 15 is 0 Å². The molecule has 1 atom stereocenters. The van der Waals surface area contributed by atoms with Crippen LogP contribution in [-0.2, 0) is 11.3 Å². The molecule has 0 aromatic carbocycles. The maximum atomic E-state index is 10.3. The van der Waals surface area contributed by atoms with Gasteiger partial charge in [-0.1, -0.05) is 6.92 Å². The summed E-state index contributed by atoms with van der Waals surface area (Å²) < 4.78 is 1.69. The van der Waals surface area contributed by atoms with Crippen LogP contribution in [0, 0.1) is 0 Å². The van der Waals surface area contributed by atoms with Crippen LogP contribution >= 0.6 is 0 Å². The molecule has 0 bridgehead atoms. The molecule has 1 heterocycles. The molecule has 0 saturated carbocycles. The van der Waals surface area contributed by atoms with Gasteiger partial charge in [0.1, 0.15) is 0 Å². The number of carbonyl (C=O) groups is 1. The number of hydrogen-bond acceptors (Lipinski definition) is 3. The van der Waals surface area contributed by atoms with Gasteiger partial charge in [0.15, 0.2) is 0 Å². The van der Waals surface area contributed by atoms with Crippen molar-refractivity contribution in [3.8, 4) is 0 Å². The Morgan fingerprint density at radius 3 is 3.00 bits per heavy atom. The SMILES string of the molecule is CCCn1cc(C(O)CC(=O)O)cn1. The Bertz CT molecular complexity index is 309. The van der Waals surface area contributed by atoms with Gasteiger partial charge in [-0.05, 0) is 6.42 Å². The van der Waals surface area contributed by atoms with Gasteiger partial charge in [-0.15, -0.1) is 0 Å². The molecule has 2 N–H and O–H groups in total. The number of aromatic nitrogens is 2. The molecule has 14 heavy (non-hydrogen) atoms. The summed E-state index contributed by atoms with van der Waals surface area (Å²) in [4.78, 5) is 10.3. The van der Waals surface area contributed by atoms with E-state index < -0.39 is 12.1 Å². The summed E-state index contributed by atoms with van der Waals surface area (Å²) in [6.45, 7) is 2.80. The topological polar surface area (TPSA) is 75.4 Å². The largest absolute Gasteiger partial charge is 0.481 e. The number of aliphatic carboxylic acids is 1. The lowest BCUT2D eigenvalue weighted by Gasteiger charge is -2.03. The van der Waals surface area contributed by atoms with E-state index in [9.17, 15) is 9.90 Å². The molecule has 0 spiro atoms. The third-order valence-electron chi connectivity index (χ3n) is 1.86. The fraction of sp³-hybridized carbons (Fsp3) is 0.556. The highest BCUT2D eigenvalue weighted by atomic mass is 16.4. The smallest absolute Gasteiger partial charge is 0.306 e. The van der Waals surface area contributed by atoms with E-state index in [1.165, 1.54) is 6.20 Å². The van der Waals surface area contributed by atoms with E-state index in [-0.39, 0.29) is 6.42 Å².